The molecule has 2 aliphatic heterocycles. The molecular weight excluding hydrogens is 614 g/mol. The lowest BCUT2D eigenvalue weighted by molar-refractivity contribution is -0.140. The maximum absolute atomic E-state index is 14.9. The van der Waals surface area contributed by atoms with Gasteiger partial charge >= 0.3 is 0 Å². The van der Waals surface area contributed by atoms with Gasteiger partial charge in [0.2, 0.25) is 17.6 Å². The van der Waals surface area contributed by atoms with Gasteiger partial charge in [-0.15, -0.1) is 23.2 Å². The summed E-state index contributed by atoms with van der Waals surface area (Å²) in [7, 11) is 0. The van der Waals surface area contributed by atoms with Crippen LogP contribution in [0.5, 0.6) is 0 Å². The number of anilines is 1. The number of carbonyl (C=O) groups is 4. The Labute approximate surface area is 243 Å². The first-order chi connectivity index (χ1) is 19.8. The summed E-state index contributed by atoms with van der Waals surface area (Å²) >= 11 is 13.9. The zero-order valence-electron chi connectivity index (χ0n) is 21.4. The fraction of sp³-hybridized carbons (Fsp3) is 0.407. The molecule has 4 amide bonds. The van der Waals surface area contributed by atoms with Crippen LogP contribution >= 0.6 is 23.2 Å². The molecule has 6 rings (SSSR count). The molecule has 4 aliphatic rings. The Bertz CT molecular complexity index is 1620. The van der Waals surface area contributed by atoms with Crippen molar-refractivity contribution in [2.75, 3.05) is 11.4 Å². The molecule has 2 aliphatic carbocycles. The molecule has 2 saturated heterocycles. The van der Waals surface area contributed by atoms with Gasteiger partial charge in [0.15, 0.2) is 33.0 Å². The summed E-state index contributed by atoms with van der Waals surface area (Å²) in [6.07, 6.45) is 0.997. The number of halogens is 7. The lowest BCUT2D eigenvalue weighted by Crippen LogP contribution is -2.60. The van der Waals surface area contributed by atoms with E-state index in [-0.39, 0.29) is 35.0 Å². The number of allylic oxidation sites excluding steroid dienone is 2. The van der Waals surface area contributed by atoms with E-state index in [4.69, 9.17) is 27.6 Å². The van der Waals surface area contributed by atoms with E-state index in [0.717, 1.165) is 4.90 Å². The van der Waals surface area contributed by atoms with Crippen LogP contribution in [0.2, 0.25) is 0 Å². The number of alkyl halides is 2. The number of furan rings is 1. The smallest absolute Gasteiger partial charge is 0.258 e. The van der Waals surface area contributed by atoms with Crippen LogP contribution in [0.3, 0.4) is 0 Å². The molecule has 3 fully saturated rings. The van der Waals surface area contributed by atoms with Crippen LogP contribution in [0, 0.1) is 46.8 Å². The SMILES string of the molecule is CCN1C(=O)[C@H]2[C@H](CC=C3[C@H]2C[C@@]2(Cl)C(=O)N(c4c(F)c(F)c(F)c(F)c4F)C(=O)[C@@]2(Cl)[C@H]3c2ccc(CO)o2)C1=O. The quantitative estimate of drug-likeness (QED) is 0.136. The van der Waals surface area contributed by atoms with E-state index in [2.05, 4.69) is 0 Å². The Hall–Kier alpha value is -3.29. The minimum atomic E-state index is -2.66. The third-order valence-electron chi connectivity index (χ3n) is 8.75. The van der Waals surface area contributed by atoms with Gasteiger partial charge in [0.05, 0.1) is 17.8 Å². The molecule has 0 radical (unpaired) electrons. The summed E-state index contributed by atoms with van der Waals surface area (Å²) in [6, 6.07) is 2.64. The molecule has 1 saturated carbocycles. The van der Waals surface area contributed by atoms with Crippen molar-refractivity contribution in [3.05, 3.63) is 64.4 Å². The van der Waals surface area contributed by atoms with Crippen molar-refractivity contribution in [1.82, 2.24) is 4.90 Å². The Morgan fingerprint density at radius 3 is 2.12 bits per heavy atom. The van der Waals surface area contributed by atoms with Crippen LogP contribution in [0.4, 0.5) is 27.6 Å². The molecule has 2 aromatic rings. The third kappa shape index (κ3) is 3.32. The maximum atomic E-state index is 14.9. The molecule has 0 bridgehead atoms. The summed E-state index contributed by atoms with van der Waals surface area (Å²) < 4.78 is 77.8. The minimum Gasteiger partial charge on any atom is -0.463 e. The van der Waals surface area contributed by atoms with Crippen LogP contribution in [0.1, 0.15) is 37.2 Å². The van der Waals surface area contributed by atoms with Gasteiger partial charge in [0.1, 0.15) is 23.8 Å². The second kappa shape index (κ2) is 9.35. The molecule has 6 atom stereocenters. The number of hydrogen-bond donors (Lipinski definition) is 1. The van der Waals surface area contributed by atoms with E-state index < -0.39 is 105 Å². The summed E-state index contributed by atoms with van der Waals surface area (Å²) in [6.45, 7) is 1.06. The number of nitrogens with zero attached hydrogens (tertiary/aromatic N) is 2. The molecule has 1 aromatic heterocycles. The van der Waals surface area contributed by atoms with Crippen molar-refractivity contribution in [3.8, 4) is 0 Å². The zero-order chi connectivity index (χ0) is 30.6. The first kappa shape index (κ1) is 28.8. The number of imide groups is 2. The maximum Gasteiger partial charge on any atom is 0.258 e. The number of hydrogen-bond acceptors (Lipinski definition) is 6. The number of carbonyl (C=O) groups excluding carboxylic acids is 4. The van der Waals surface area contributed by atoms with Gasteiger partial charge in [0.25, 0.3) is 11.8 Å². The number of rotatable bonds is 4. The summed E-state index contributed by atoms with van der Waals surface area (Å²) in [5.41, 5.74) is -1.59. The predicted octanol–water partition coefficient (Wildman–Crippen LogP) is 4.05. The Balaban J connectivity index is 1.59. The largest absolute Gasteiger partial charge is 0.463 e. The highest BCUT2D eigenvalue weighted by Gasteiger charge is 2.77. The molecule has 1 aromatic carbocycles. The highest BCUT2D eigenvalue weighted by Crippen LogP contribution is 2.66. The summed E-state index contributed by atoms with van der Waals surface area (Å²) in [5.74, 6) is -21.0. The summed E-state index contributed by atoms with van der Waals surface area (Å²) in [4.78, 5) is 49.9. The van der Waals surface area contributed by atoms with Crippen LogP contribution in [0.15, 0.2) is 28.2 Å². The molecule has 42 heavy (non-hydrogen) atoms. The Morgan fingerprint density at radius 2 is 1.55 bits per heavy atom. The Kier molecular flexibility index (Phi) is 6.42. The number of benzene rings is 1. The predicted molar refractivity (Wildman–Crippen MR) is 133 cm³/mol. The topological polar surface area (TPSA) is 108 Å². The first-order valence-electron chi connectivity index (χ1n) is 12.8. The molecule has 15 heteroatoms. The average Bonchev–Trinajstić information content (AvgIpc) is 3.58. The van der Waals surface area contributed by atoms with E-state index in [9.17, 15) is 46.2 Å². The second-order valence-electron chi connectivity index (χ2n) is 10.6. The van der Waals surface area contributed by atoms with Crippen molar-refractivity contribution in [3.63, 3.8) is 0 Å². The fourth-order valence-corrected chi connectivity index (χ4v) is 7.81. The van der Waals surface area contributed by atoms with Gasteiger partial charge < -0.3 is 9.52 Å². The van der Waals surface area contributed by atoms with Gasteiger partial charge in [-0.25, -0.2) is 26.9 Å². The van der Waals surface area contributed by atoms with Gasteiger partial charge in [-0.2, -0.15) is 0 Å². The standard InChI is InChI=1S/C27H19Cl2F5N2O6/c1-2-35-22(38)11-5-4-10-12(14(11)23(35)39)7-26(28)24(40)36(21-19(33)17(31)16(30)18(32)20(21)34)25(41)27(26,29)15(10)13-6-3-9(8-37)42-13/h3-4,6,11-12,14-15,37H,2,5,7-8H2,1H3/t11-,12+,14-,15+,26+,27-/m0/s1. The van der Waals surface area contributed by atoms with E-state index in [1.165, 1.54) is 12.1 Å². The molecular formula is C27H19Cl2F5N2O6. The normalized spacial score (nSPS) is 32.4. The van der Waals surface area contributed by atoms with Gasteiger partial charge in [0, 0.05) is 6.54 Å². The van der Waals surface area contributed by atoms with Crippen LogP contribution in [0.25, 0.3) is 0 Å². The second-order valence-corrected chi connectivity index (χ2v) is 11.8. The van der Waals surface area contributed by atoms with Crippen molar-refractivity contribution in [1.29, 1.82) is 0 Å². The first-order valence-corrected chi connectivity index (χ1v) is 13.5. The third-order valence-corrected chi connectivity index (χ3v) is 10.2. The van der Waals surface area contributed by atoms with Gasteiger partial charge in [-0.3, -0.25) is 24.1 Å². The lowest BCUT2D eigenvalue weighted by atomic mass is 9.57. The van der Waals surface area contributed by atoms with Crippen LogP contribution < -0.4 is 4.90 Å². The molecule has 0 unspecified atom stereocenters. The van der Waals surface area contributed by atoms with Crippen LogP contribution in [-0.2, 0) is 25.8 Å². The van der Waals surface area contributed by atoms with Crippen LogP contribution in [-0.4, -0.2) is 49.9 Å². The highest BCUT2D eigenvalue weighted by atomic mass is 35.5. The molecule has 0 spiro atoms. The number of amides is 4. The van der Waals surface area contributed by atoms with Crippen molar-refractivity contribution < 1.29 is 50.7 Å². The minimum absolute atomic E-state index is 0.000443. The van der Waals surface area contributed by atoms with Crippen molar-refractivity contribution >= 4 is 52.5 Å². The molecule has 3 heterocycles. The zero-order valence-corrected chi connectivity index (χ0v) is 22.9. The fourth-order valence-electron chi connectivity index (χ4n) is 6.89. The van der Waals surface area contributed by atoms with E-state index in [1.807, 2.05) is 0 Å². The number of aliphatic hydroxyl groups excluding tert-OH is 1. The summed E-state index contributed by atoms with van der Waals surface area (Å²) in [5, 5.41) is 9.58. The van der Waals surface area contributed by atoms with Crippen molar-refractivity contribution in [2.45, 2.75) is 42.0 Å². The molecule has 8 nitrogen and oxygen atoms in total. The Morgan fingerprint density at radius 1 is 0.929 bits per heavy atom. The lowest BCUT2D eigenvalue weighted by Gasteiger charge is -2.49. The van der Waals surface area contributed by atoms with E-state index >= 15 is 0 Å². The van der Waals surface area contributed by atoms with Gasteiger partial charge in [-0.1, -0.05) is 11.6 Å². The molecule has 1 N–H and O–H groups in total. The highest BCUT2D eigenvalue weighted by molar-refractivity contribution is 6.58. The van der Waals surface area contributed by atoms with Gasteiger partial charge in [-0.05, 0) is 37.8 Å². The van der Waals surface area contributed by atoms with Crippen molar-refractivity contribution in [2.24, 2.45) is 17.8 Å². The average molecular weight is 633 g/mol. The van der Waals surface area contributed by atoms with E-state index in [1.54, 1.807) is 13.0 Å². The number of fused-ring (bicyclic) bond motifs is 4. The number of aliphatic hydroxyl groups is 1. The molecule has 222 valence electrons. The monoisotopic (exact) mass is 632 g/mol. The number of likely N-dealkylation sites (tertiary alicyclic amines) is 1. The van der Waals surface area contributed by atoms with E-state index in [0.29, 0.717) is 0 Å².